The Balaban J connectivity index is 2.11. The van der Waals surface area contributed by atoms with Crippen LogP contribution < -0.4 is 5.32 Å². The number of hydrogen-bond donors (Lipinski definition) is 1. The van der Waals surface area contributed by atoms with Gasteiger partial charge in [0.15, 0.2) is 0 Å². The smallest absolute Gasteiger partial charge is 0.253 e. The molecule has 1 saturated heterocycles. The van der Waals surface area contributed by atoms with Crippen molar-refractivity contribution in [2.75, 3.05) is 20.1 Å². The van der Waals surface area contributed by atoms with Crippen molar-refractivity contribution >= 4 is 5.91 Å². The molecule has 1 aliphatic heterocycles. The maximum Gasteiger partial charge on any atom is 0.253 e. The lowest BCUT2D eigenvalue weighted by atomic mass is 9.99. The van der Waals surface area contributed by atoms with Crippen molar-refractivity contribution in [1.82, 2.24) is 10.2 Å². The fourth-order valence-electron chi connectivity index (χ4n) is 2.59. The second-order valence-corrected chi connectivity index (χ2v) is 5.68. The Kier molecular flexibility index (Phi) is 4.59. The van der Waals surface area contributed by atoms with Gasteiger partial charge < -0.3 is 10.2 Å². The topological polar surface area (TPSA) is 32.3 Å². The molecule has 1 aromatic rings. The minimum absolute atomic E-state index is 0.148. The summed E-state index contributed by atoms with van der Waals surface area (Å²) in [6.07, 6.45) is 2.10. The molecular weight excluding hydrogens is 236 g/mol. The zero-order valence-corrected chi connectivity index (χ0v) is 12.1. The minimum Gasteiger partial charge on any atom is -0.339 e. The first-order chi connectivity index (χ1) is 9.09. The maximum atomic E-state index is 12.5. The molecule has 0 radical (unpaired) electrons. The van der Waals surface area contributed by atoms with Gasteiger partial charge in [-0.2, -0.15) is 0 Å². The first-order valence-electron chi connectivity index (χ1n) is 7.17. The first-order valence-corrected chi connectivity index (χ1v) is 7.17. The van der Waals surface area contributed by atoms with Gasteiger partial charge in [0.1, 0.15) is 0 Å². The molecule has 1 fully saturated rings. The molecule has 0 bridgehead atoms. The largest absolute Gasteiger partial charge is 0.339 e. The van der Waals surface area contributed by atoms with Crippen LogP contribution in [0.2, 0.25) is 0 Å². The third-order valence-corrected chi connectivity index (χ3v) is 3.98. The number of amides is 1. The van der Waals surface area contributed by atoms with Gasteiger partial charge in [0.05, 0.1) is 0 Å². The van der Waals surface area contributed by atoms with Crippen LogP contribution in [0.3, 0.4) is 0 Å². The molecule has 0 unspecified atom stereocenters. The minimum atomic E-state index is 0.148. The molecule has 1 aliphatic rings. The molecular formula is C16H24N2O. The highest BCUT2D eigenvalue weighted by atomic mass is 16.2. The molecule has 104 valence electrons. The molecule has 0 atom stereocenters. The molecule has 1 aromatic carbocycles. The van der Waals surface area contributed by atoms with Gasteiger partial charge in [0.2, 0.25) is 0 Å². The molecule has 0 saturated carbocycles. The van der Waals surface area contributed by atoms with Gasteiger partial charge in [-0.3, -0.25) is 4.79 Å². The second kappa shape index (κ2) is 6.20. The van der Waals surface area contributed by atoms with Gasteiger partial charge >= 0.3 is 0 Å². The van der Waals surface area contributed by atoms with Gasteiger partial charge in [-0.1, -0.05) is 26.0 Å². The zero-order valence-electron chi connectivity index (χ0n) is 12.1. The van der Waals surface area contributed by atoms with Crippen molar-refractivity contribution in [3.8, 4) is 0 Å². The van der Waals surface area contributed by atoms with Gasteiger partial charge in [-0.05, 0) is 49.5 Å². The summed E-state index contributed by atoms with van der Waals surface area (Å²) in [5.74, 6) is 0.603. The summed E-state index contributed by atoms with van der Waals surface area (Å²) in [7, 11) is 1.93. The first kappa shape index (κ1) is 14.1. The van der Waals surface area contributed by atoms with E-state index in [1.807, 2.05) is 30.1 Å². The van der Waals surface area contributed by atoms with Gasteiger partial charge in [0.25, 0.3) is 5.91 Å². The fourth-order valence-corrected chi connectivity index (χ4v) is 2.59. The third kappa shape index (κ3) is 3.35. The quantitative estimate of drug-likeness (QED) is 0.906. The molecule has 0 aliphatic carbocycles. The number of benzene rings is 1. The van der Waals surface area contributed by atoms with Crippen LogP contribution >= 0.6 is 0 Å². The Morgan fingerprint density at radius 3 is 2.63 bits per heavy atom. The van der Waals surface area contributed by atoms with Crippen molar-refractivity contribution in [1.29, 1.82) is 0 Å². The Hall–Kier alpha value is -1.35. The summed E-state index contributed by atoms with van der Waals surface area (Å²) in [5, 5.41) is 3.33. The summed E-state index contributed by atoms with van der Waals surface area (Å²) >= 11 is 0. The highest BCUT2D eigenvalue weighted by molar-refractivity contribution is 5.94. The average molecular weight is 260 g/mol. The highest BCUT2D eigenvalue weighted by Gasteiger charge is 2.22. The molecule has 2 rings (SSSR count). The van der Waals surface area contributed by atoms with E-state index < -0.39 is 0 Å². The second-order valence-electron chi connectivity index (χ2n) is 5.68. The molecule has 0 spiro atoms. The van der Waals surface area contributed by atoms with Crippen molar-refractivity contribution in [3.63, 3.8) is 0 Å². The Bertz CT molecular complexity index is 436. The summed E-state index contributed by atoms with van der Waals surface area (Å²) in [5.41, 5.74) is 2.04. The molecule has 19 heavy (non-hydrogen) atoms. The monoisotopic (exact) mass is 260 g/mol. The average Bonchev–Trinajstić information content (AvgIpc) is 2.46. The van der Waals surface area contributed by atoms with E-state index in [9.17, 15) is 4.79 Å². The van der Waals surface area contributed by atoms with E-state index in [2.05, 4.69) is 25.2 Å². The van der Waals surface area contributed by atoms with Crippen LogP contribution in [0.25, 0.3) is 0 Å². The number of piperidine rings is 1. The number of carbonyl (C=O) groups excluding carboxylic acids is 1. The van der Waals surface area contributed by atoms with E-state index in [1.165, 1.54) is 5.56 Å². The van der Waals surface area contributed by atoms with E-state index in [0.29, 0.717) is 12.0 Å². The molecule has 1 N–H and O–H groups in total. The fraction of sp³-hybridized carbons (Fsp3) is 0.562. The summed E-state index contributed by atoms with van der Waals surface area (Å²) in [6.45, 7) is 6.32. The van der Waals surface area contributed by atoms with Crippen molar-refractivity contribution in [2.24, 2.45) is 0 Å². The SMILES string of the molecule is CC(C)c1cccc(C(=O)N(C)C2CCNCC2)c1. The summed E-state index contributed by atoms with van der Waals surface area (Å²) < 4.78 is 0. The maximum absolute atomic E-state index is 12.5. The summed E-state index contributed by atoms with van der Waals surface area (Å²) in [4.78, 5) is 14.4. The molecule has 0 aromatic heterocycles. The number of hydrogen-bond acceptors (Lipinski definition) is 2. The van der Waals surface area contributed by atoms with E-state index in [0.717, 1.165) is 31.5 Å². The van der Waals surface area contributed by atoms with Gasteiger partial charge in [-0.15, -0.1) is 0 Å². The Morgan fingerprint density at radius 2 is 2.00 bits per heavy atom. The highest BCUT2D eigenvalue weighted by Crippen LogP contribution is 2.18. The molecule has 3 nitrogen and oxygen atoms in total. The predicted octanol–water partition coefficient (Wildman–Crippen LogP) is 2.63. The summed E-state index contributed by atoms with van der Waals surface area (Å²) in [6, 6.07) is 8.40. The standard InChI is InChI=1S/C16H24N2O/c1-12(2)13-5-4-6-14(11-13)16(19)18(3)15-7-9-17-10-8-15/h4-6,11-12,15,17H,7-10H2,1-3H3. The van der Waals surface area contributed by atoms with Crippen molar-refractivity contribution < 1.29 is 4.79 Å². The number of nitrogens with zero attached hydrogens (tertiary/aromatic N) is 1. The van der Waals surface area contributed by atoms with E-state index in [1.54, 1.807) is 0 Å². The van der Waals surface area contributed by atoms with Crippen LogP contribution in [0.1, 0.15) is 48.5 Å². The Morgan fingerprint density at radius 1 is 1.32 bits per heavy atom. The zero-order chi connectivity index (χ0) is 13.8. The predicted molar refractivity (Wildman–Crippen MR) is 78.5 cm³/mol. The lowest BCUT2D eigenvalue weighted by Crippen LogP contribution is -2.43. The van der Waals surface area contributed by atoms with E-state index >= 15 is 0 Å². The Labute approximate surface area is 116 Å². The van der Waals surface area contributed by atoms with Gasteiger partial charge in [0, 0.05) is 18.7 Å². The van der Waals surface area contributed by atoms with E-state index in [-0.39, 0.29) is 5.91 Å². The van der Waals surface area contributed by atoms with Crippen molar-refractivity contribution in [2.45, 2.75) is 38.6 Å². The number of rotatable bonds is 3. The van der Waals surface area contributed by atoms with Crippen LogP contribution in [0.4, 0.5) is 0 Å². The normalized spacial score (nSPS) is 16.6. The van der Waals surface area contributed by atoms with E-state index in [4.69, 9.17) is 0 Å². The molecule has 3 heteroatoms. The van der Waals surface area contributed by atoms with Crippen LogP contribution in [0, 0.1) is 0 Å². The van der Waals surface area contributed by atoms with Crippen LogP contribution in [0.15, 0.2) is 24.3 Å². The lowest BCUT2D eigenvalue weighted by molar-refractivity contribution is 0.0703. The van der Waals surface area contributed by atoms with Gasteiger partial charge in [-0.25, -0.2) is 0 Å². The van der Waals surface area contributed by atoms with Crippen LogP contribution in [-0.4, -0.2) is 37.0 Å². The number of carbonyl (C=O) groups is 1. The van der Waals surface area contributed by atoms with Crippen LogP contribution in [-0.2, 0) is 0 Å². The lowest BCUT2D eigenvalue weighted by Gasteiger charge is -2.31. The third-order valence-electron chi connectivity index (χ3n) is 3.98. The molecule has 1 heterocycles. The van der Waals surface area contributed by atoms with Crippen molar-refractivity contribution in [3.05, 3.63) is 35.4 Å². The molecule has 1 amide bonds. The number of nitrogens with one attached hydrogen (secondary N) is 1. The van der Waals surface area contributed by atoms with Crippen LogP contribution in [0.5, 0.6) is 0 Å².